The zero-order chi connectivity index (χ0) is 14.7. The van der Waals surface area contributed by atoms with Crippen LogP contribution >= 0.6 is 11.8 Å². The van der Waals surface area contributed by atoms with Gasteiger partial charge in [-0.2, -0.15) is 0 Å². The molecule has 0 aromatic heterocycles. The monoisotopic (exact) mass is 299 g/mol. The second-order valence-corrected chi connectivity index (χ2v) is 5.38. The van der Waals surface area contributed by atoms with Crippen molar-refractivity contribution in [1.82, 2.24) is 4.90 Å². The van der Waals surface area contributed by atoms with Crippen LogP contribution in [0.25, 0.3) is 0 Å². The van der Waals surface area contributed by atoms with Crippen molar-refractivity contribution in [1.29, 1.82) is 0 Å². The Morgan fingerprint density at radius 2 is 2.10 bits per heavy atom. The molecule has 0 spiro atoms. The minimum Gasteiger partial charge on any atom is -0.481 e. The molecule has 0 aliphatic carbocycles. The highest BCUT2D eigenvalue weighted by Gasteiger charge is 2.37. The molecule has 1 N–H and O–H groups in total. The van der Waals surface area contributed by atoms with Crippen molar-refractivity contribution >= 4 is 23.6 Å². The first-order valence-electron chi connectivity index (χ1n) is 6.02. The summed E-state index contributed by atoms with van der Waals surface area (Å²) in [5, 5.41) is 9.04. The standard InChI is InChI=1S/C13H14FNO4S/c1-8(19-10-4-2-9(14)3-5-10)12(16)15-7-20-6-11(15)13(17)18/h2-5,8,11H,6-7H2,1H3,(H,17,18). The number of benzene rings is 1. The molecule has 2 unspecified atom stereocenters. The number of thioether (sulfide) groups is 1. The van der Waals surface area contributed by atoms with Crippen molar-refractivity contribution in [3.63, 3.8) is 0 Å². The van der Waals surface area contributed by atoms with Crippen molar-refractivity contribution in [2.24, 2.45) is 0 Å². The Balaban J connectivity index is 2.01. The van der Waals surface area contributed by atoms with Crippen molar-refractivity contribution < 1.29 is 23.8 Å². The molecule has 20 heavy (non-hydrogen) atoms. The molecule has 1 aliphatic rings. The van der Waals surface area contributed by atoms with Gasteiger partial charge in [-0.25, -0.2) is 9.18 Å². The van der Waals surface area contributed by atoms with Gasteiger partial charge in [-0.05, 0) is 31.2 Å². The molecule has 2 atom stereocenters. The summed E-state index contributed by atoms with van der Waals surface area (Å²) in [4.78, 5) is 24.5. The lowest BCUT2D eigenvalue weighted by Crippen LogP contribution is -2.47. The molecule has 0 bridgehead atoms. The number of nitrogens with zero attached hydrogens (tertiary/aromatic N) is 1. The molecule has 2 rings (SSSR count). The van der Waals surface area contributed by atoms with E-state index in [1.807, 2.05) is 0 Å². The van der Waals surface area contributed by atoms with Crippen molar-refractivity contribution in [3.05, 3.63) is 30.1 Å². The van der Waals surface area contributed by atoms with Gasteiger partial charge in [0.05, 0.1) is 5.88 Å². The smallest absolute Gasteiger partial charge is 0.327 e. The molecular formula is C13H14FNO4S. The fraction of sp³-hybridized carbons (Fsp3) is 0.385. The Morgan fingerprint density at radius 1 is 1.45 bits per heavy atom. The van der Waals surface area contributed by atoms with Gasteiger partial charge in [0, 0.05) is 5.75 Å². The van der Waals surface area contributed by atoms with Crippen LogP contribution in [0, 0.1) is 5.82 Å². The SMILES string of the molecule is CC(Oc1ccc(F)cc1)C(=O)N1CSCC1C(=O)O. The normalized spacial score (nSPS) is 19.7. The Labute approximate surface area is 119 Å². The topological polar surface area (TPSA) is 66.8 Å². The van der Waals surface area contributed by atoms with E-state index in [-0.39, 0.29) is 5.91 Å². The minimum atomic E-state index is -1.02. The summed E-state index contributed by atoms with van der Waals surface area (Å²) >= 11 is 1.39. The summed E-state index contributed by atoms with van der Waals surface area (Å²) < 4.78 is 18.2. The summed E-state index contributed by atoms with van der Waals surface area (Å²) in [6, 6.07) is 4.50. The summed E-state index contributed by atoms with van der Waals surface area (Å²) in [7, 11) is 0. The molecule has 1 aromatic rings. The maximum absolute atomic E-state index is 12.8. The van der Waals surface area contributed by atoms with E-state index in [0.717, 1.165) is 0 Å². The van der Waals surface area contributed by atoms with Crippen molar-refractivity contribution in [2.75, 3.05) is 11.6 Å². The molecular weight excluding hydrogens is 285 g/mol. The highest BCUT2D eigenvalue weighted by atomic mass is 32.2. The largest absolute Gasteiger partial charge is 0.481 e. The second-order valence-electron chi connectivity index (χ2n) is 4.38. The lowest BCUT2D eigenvalue weighted by molar-refractivity contribution is -0.150. The van der Waals surface area contributed by atoms with E-state index >= 15 is 0 Å². The number of carboxylic acids is 1. The van der Waals surface area contributed by atoms with E-state index in [2.05, 4.69) is 0 Å². The summed E-state index contributed by atoms with van der Waals surface area (Å²) in [5.41, 5.74) is 0. The molecule has 1 saturated heterocycles. The van der Waals surface area contributed by atoms with Crippen LogP contribution in [-0.4, -0.2) is 45.7 Å². The third kappa shape index (κ3) is 3.22. The quantitative estimate of drug-likeness (QED) is 0.914. The second kappa shape index (κ2) is 6.13. The van der Waals surface area contributed by atoms with Gasteiger partial charge >= 0.3 is 5.97 Å². The van der Waals surface area contributed by atoms with Gasteiger partial charge in [0.15, 0.2) is 6.10 Å². The molecule has 1 heterocycles. The van der Waals surface area contributed by atoms with Crippen LogP contribution in [0.2, 0.25) is 0 Å². The van der Waals surface area contributed by atoms with Crippen LogP contribution in [-0.2, 0) is 9.59 Å². The van der Waals surface area contributed by atoms with Crippen LogP contribution < -0.4 is 4.74 Å². The van der Waals surface area contributed by atoms with Crippen molar-refractivity contribution in [2.45, 2.75) is 19.1 Å². The zero-order valence-electron chi connectivity index (χ0n) is 10.8. The number of ether oxygens (including phenoxy) is 1. The van der Waals surface area contributed by atoms with E-state index in [1.54, 1.807) is 6.92 Å². The molecule has 1 aromatic carbocycles. The minimum absolute atomic E-state index is 0.340. The van der Waals surface area contributed by atoms with Gasteiger partial charge in [0.1, 0.15) is 17.6 Å². The first-order chi connectivity index (χ1) is 9.49. The van der Waals surface area contributed by atoms with E-state index in [1.165, 1.54) is 40.9 Å². The van der Waals surface area contributed by atoms with Crippen LogP contribution in [0.4, 0.5) is 4.39 Å². The molecule has 0 radical (unpaired) electrons. The van der Waals surface area contributed by atoms with Crippen LogP contribution in [0.5, 0.6) is 5.75 Å². The summed E-state index contributed by atoms with van der Waals surface area (Å²) in [6.07, 6.45) is -0.819. The van der Waals surface area contributed by atoms with Gasteiger partial charge < -0.3 is 14.7 Å². The summed E-state index contributed by atoms with van der Waals surface area (Å²) in [6.45, 7) is 1.55. The van der Waals surface area contributed by atoms with E-state index in [0.29, 0.717) is 17.4 Å². The first kappa shape index (κ1) is 14.6. The number of hydrogen-bond donors (Lipinski definition) is 1. The third-order valence-electron chi connectivity index (χ3n) is 2.92. The van der Waals surface area contributed by atoms with Gasteiger partial charge in [-0.15, -0.1) is 11.8 Å². The van der Waals surface area contributed by atoms with Crippen LogP contribution in [0.3, 0.4) is 0 Å². The van der Waals surface area contributed by atoms with Crippen LogP contribution in [0.15, 0.2) is 24.3 Å². The Hall–Kier alpha value is -1.76. The molecule has 0 saturated carbocycles. The molecule has 108 valence electrons. The van der Waals surface area contributed by atoms with Crippen molar-refractivity contribution in [3.8, 4) is 5.75 Å². The number of carboxylic acid groups (broad SMARTS) is 1. The first-order valence-corrected chi connectivity index (χ1v) is 7.18. The van der Waals surface area contributed by atoms with Gasteiger partial charge in [-0.3, -0.25) is 4.79 Å². The number of rotatable bonds is 4. The average molecular weight is 299 g/mol. The highest BCUT2D eigenvalue weighted by molar-refractivity contribution is 7.99. The molecule has 5 nitrogen and oxygen atoms in total. The third-order valence-corrected chi connectivity index (χ3v) is 3.94. The number of hydrogen-bond acceptors (Lipinski definition) is 4. The molecule has 1 aliphatic heterocycles. The van der Waals surface area contributed by atoms with Gasteiger partial charge in [0.2, 0.25) is 0 Å². The Kier molecular flexibility index (Phi) is 4.49. The van der Waals surface area contributed by atoms with Gasteiger partial charge in [-0.1, -0.05) is 0 Å². The molecule has 1 amide bonds. The Bertz CT molecular complexity index is 508. The van der Waals surface area contributed by atoms with E-state index < -0.39 is 23.9 Å². The predicted octanol–water partition coefficient (Wildman–Crippen LogP) is 1.58. The molecule has 1 fully saturated rings. The number of carbonyl (C=O) groups excluding carboxylic acids is 1. The lowest BCUT2D eigenvalue weighted by atomic mass is 10.2. The maximum Gasteiger partial charge on any atom is 0.327 e. The van der Waals surface area contributed by atoms with Gasteiger partial charge in [0.25, 0.3) is 5.91 Å². The maximum atomic E-state index is 12.8. The number of halogens is 1. The van der Waals surface area contributed by atoms with E-state index in [9.17, 15) is 14.0 Å². The fourth-order valence-electron chi connectivity index (χ4n) is 1.87. The highest BCUT2D eigenvalue weighted by Crippen LogP contribution is 2.23. The Morgan fingerprint density at radius 3 is 2.70 bits per heavy atom. The average Bonchev–Trinajstić information content (AvgIpc) is 2.90. The zero-order valence-corrected chi connectivity index (χ0v) is 11.6. The molecule has 7 heteroatoms. The predicted molar refractivity (Wildman–Crippen MR) is 72.1 cm³/mol. The number of aliphatic carboxylic acids is 1. The number of carbonyl (C=O) groups is 2. The fourth-order valence-corrected chi connectivity index (χ4v) is 3.02. The number of amides is 1. The van der Waals surface area contributed by atoms with E-state index in [4.69, 9.17) is 9.84 Å². The lowest BCUT2D eigenvalue weighted by Gasteiger charge is -2.24. The summed E-state index contributed by atoms with van der Waals surface area (Å²) in [5.74, 6) is -0.703. The van der Waals surface area contributed by atoms with Crippen LogP contribution in [0.1, 0.15) is 6.92 Å².